The molecule has 0 aliphatic carbocycles. The van der Waals surface area contributed by atoms with Crippen molar-refractivity contribution in [2.24, 2.45) is 5.92 Å². The summed E-state index contributed by atoms with van der Waals surface area (Å²) >= 11 is 0. The minimum atomic E-state index is -0.960. The molecule has 0 spiro atoms. The van der Waals surface area contributed by atoms with Crippen LogP contribution in [0.1, 0.15) is 24.2 Å². The number of methoxy groups -OCH3 is 1. The van der Waals surface area contributed by atoms with Crippen molar-refractivity contribution >= 4 is 11.9 Å². The first-order valence-corrected chi connectivity index (χ1v) is 6.86. The third-order valence-corrected chi connectivity index (χ3v) is 3.28. The fraction of sp³-hybridized carbons (Fsp3) is 0.375. The molecule has 2 atom stereocenters. The fourth-order valence-electron chi connectivity index (χ4n) is 1.71. The van der Waals surface area contributed by atoms with Crippen molar-refractivity contribution in [3.05, 3.63) is 36.4 Å². The van der Waals surface area contributed by atoms with Gasteiger partial charge in [-0.25, -0.2) is 0 Å². The van der Waals surface area contributed by atoms with Crippen molar-refractivity contribution in [3.63, 3.8) is 0 Å². The number of nitrogens with one attached hydrogen (secondary N) is 1. The van der Waals surface area contributed by atoms with Gasteiger partial charge < -0.3 is 19.9 Å². The normalized spacial score (nSPS) is 12.9. The molecule has 120 valence electrons. The lowest BCUT2D eigenvalue weighted by molar-refractivity contribution is -0.141. The van der Waals surface area contributed by atoms with Crippen LogP contribution in [0.25, 0.3) is 0 Å². The Hall–Kier alpha value is -2.50. The number of benzene rings is 1. The van der Waals surface area contributed by atoms with E-state index < -0.39 is 17.9 Å². The van der Waals surface area contributed by atoms with E-state index >= 15 is 0 Å². The van der Waals surface area contributed by atoms with Crippen LogP contribution in [0.3, 0.4) is 0 Å². The number of carboxylic acid groups (broad SMARTS) is 1. The zero-order valence-electron chi connectivity index (χ0n) is 13.0. The van der Waals surface area contributed by atoms with Gasteiger partial charge in [-0.3, -0.25) is 9.59 Å². The Morgan fingerprint density at radius 2 is 2.05 bits per heavy atom. The SMILES string of the molecule is C=CCOc1ccc(C(=O)NC(C)C(C)C(=O)O)cc1OC. The van der Waals surface area contributed by atoms with Crippen molar-refractivity contribution in [3.8, 4) is 11.5 Å². The lowest BCUT2D eigenvalue weighted by atomic mass is 10.0. The quantitative estimate of drug-likeness (QED) is 0.718. The summed E-state index contributed by atoms with van der Waals surface area (Å²) in [5.74, 6) is -1.08. The number of amides is 1. The first-order valence-electron chi connectivity index (χ1n) is 6.86. The topological polar surface area (TPSA) is 84.9 Å². The highest BCUT2D eigenvalue weighted by Gasteiger charge is 2.22. The largest absolute Gasteiger partial charge is 0.493 e. The van der Waals surface area contributed by atoms with E-state index in [1.165, 1.54) is 7.11 Å². The van der Waals surface area contributed by atoms with Gasteiger partial charge in [0, 0.05) is 11.6 Å². The van der Waals surface area contributed by atoms with E-state index in [9.17, 15) is 9.59 Å². The minimum Gasteiger partial charge on any atom is -0.493 e. The zero-order chi connectivity index (χ0) is 16.7. The van der Waals surface area contributed by atoms with E-state index in [1.807, 2.05) is 0 Å². The van der Waals surface area contributed by atoms with Gasteiger partial charge in [-0.2, -0.15) is 0 Å². The first kappa shape index (κ1) is 17.6. The number of hydrogen-bond donors (Lipinski definition) is 2. The van der Waals surface area contributed by atoms with E-state index in [2.05, 4.69) is 11.9 Å². The average molecular weight is 307 g/mol. The fourth-order valence-corrected chi connectivity index (χ4v) is 1.71. The second kappa shape index (κ2) is 8.07. The maximum Gasteiger partial charge on any atom is 0.308 e. The van der Waals surface area contributed by atoms with Crippen molar-refractivity contribution in [1.82, 2.24) is 5.32 Å². The number of aliphatic carboxylic acids is 1. The van der Waals surface area contributed by atoms with Crippen molar-refractivity contribution in [1.29, 1.82) is 0 Å². The van der Waals surface area contributed by atoms with Gasteiger partial charge in [0.05, 0.1) is 13.0 Å². The molecule has 0 saturated carbocycles. The van der Waals surface area contributed by atoms with Gasteiger partial charge in [-0.1, -0.05) is 12.7 Å². The van der Waals surface area contributed by atoms with E-state index in [4.69, 9.17) is 14.6 Å². The highest BCUT2D eigenvalue weighted by atomic mass is 16.5. The van der Waals surface area contributed by atoms with Crippen LogP contribution in [-0.2, 0) is 4.79 Å². The number of carbonyl (C=O) groups is 2. The highest BCUT2D eigenvalue weighted by Crippen LogP contribution is 2.28. The van der Waals surface area contributed by atoms with Crippen LogP contribution < -0.4 is 14.8 Å². The van der Waals surface area contributed by atoms with Crippen LogP contribution in [0.4, 0.5) is 0 Å². The monoisotopic (exact) mass is 307 g/mol. The third kappa shape index (κ3) is 4.51. The Morgan fingerprint density at radius 1 is 1.36 bits per heavy atom. The summed E-state index contributed by atoms with van der Waals surface area (Å²) in [6.07, 6.45) is 1.61. The molecule has 1 amide bonds. The summed E-state index contributed by atoms with van der Waals surface area (Å²) in [6, 6.07) is 4.27. The molecule has 0 aliphatic rings. The molecule has 0 radical (unpaired) electrons. The molecular formula is C16H21NO5. The summed E-state index contributed by atoms with van der Waals surface area (Å²) in [5, 5.41) is 11.6. The maximum atomic E-state index is 12.2. The van der Waals surface area contributed by atoms with Gasteiger partial charge in [-0.15, -0.1) is 0 Å². The lowest BCUT2D eigenvalue weighted by Crippen LogP contribution is -2.40. The molecule has 0 fully saturated rings. The molecule has 0 saturated heterocycles. The van der Waals surface area contributed by atoms with E-state index in [0.29, 0.717) is 23.7 Å². The summed E-state index contributed by atoms with van der Waals surface area (Å²) in [4.78, 5) is 23.1. The van der Waals surface area contributed by atoms with Gasteiger partial charge in [0.1, 0.15) is 6.61 Å². The van der Waals surface area contributed by atoms with Crippen LogP contribution in [0, 0.1) is 5.92 Å². The molecule has 0 heterocycles. The number of rotatable bonds is 8. The molecule has 0 aromatic heterocycles. The predicted octanol–water partition coefficient (Wildman–Crippen LogP) is 2.10. The van der Waals surface area contributed by atoms with E-state index in [1.54, 1.807) is 38.1 Å². The van der Waals surface area contributed by atoms with Crippen LogP contribution in [0.15, 0.2) is 30.9 Å². The highest BCUT2D eigenvalue weighted by molar-refractivity contribution is 5.95. The lowest BCUT2D eigenvalue weighted by Gasteiger charge is -2.18. The Bertz CT molecular complexity index is 555. The second-order valence-electron chi connectivity index (χ2n) is 4.85. The average Bonchev–Trinajstić information content (AvgIpc) is 2.51. The van der Waals surface area contributed by atoms with Crippen molar-refractivity contribution in [2.45, 2.75) is 19.9 Å². The molecular weight excluding hydrogens is 286 g/mol. The van der Waals surface area contributed by atoms with Crippen molar-refractivity contribution in [2.75, 3.05) is 13.7 Å². The Morgan fingerprint density at radius 3 is 2.59 bits per heavy atom. The van der Waals surface area contributed by atoms with Gasteiger partial charge in [-0.05, 0) is 32.0 Å². The minimum absolute atomic E-state index is 0.328. The molecule has 0 bridgehead atoms. The Balaban J connectivity index is 2.85. The number of carboxylic acids is 1. The summed E-state index contributed by atoms with van der Waals surface area (Å²) in [5.41, 5.74) is 0.368. The van der Waals surface area contributed by atoms with Crippen LogP contribution >= 0.6 is 0 Å². The summed E-state index contributed by atoms with van der Waals surface area (Å²) in [6.45, 7) is 7.08. The standard InChI is InChI=1S/C16H21NO5/c1-5-8-22-13-7-6-12(9-14(13)21-4)15(18)17-11(3)10(2)16(19)20/h5-7,9-11H,1,8H2,2-4H3,(H,17,18)(H,19,20). The van der Waals surface area contributed by atoms with Crippen LogP contribution in [0.2, 0.25) is 0 Å². The van der Waals surface area contributed by atoms with E-state index in [-0.39, 0.29) is 5.91 Å². The molecule has 2 unspecified atom stereocenters. The number of ether oxygens (including phenoxy) is 2. The molecule has 2 N–H and O–H groups in total. The summed E-state index contributed by atoms with van der Waals surface area (Å²) in [7, 11) is 1.48. The predicted molar refractivity (Wildman–Crippen MR) is 82.4 cm³/mol. The van der Waals surface area contributed by atoms with Crippen LogP contribution in [-0.4, -0.2) is 36.7 Å². The molecule has 22 heavy (non-hydrogen) atoms. The maximum absolute atomic E-state index is 12.2. The molecule has 6 nitrogen and oxygen atoms in total. The molecule has 1 aromatic rings. The van der Waals surface area contributed by atoms with Gasteiger partial charge in [0.2, 0.25) is 0 Å². The third-order valence-electron chi connectivity index (χ3n) is 3.28. The first-order chi connectivity index (χ1) is 10.4. The van der Waals surface area contributed by atoms with Gasteiger partial charge in [0.15, 0.2) is 11.5 Å². The molecule has 1 rings (SSSR count). The molecule has 1 aromatic carbocycles. The number of hydrogen-bond acceptors (Lipinski definition) is 4. The van der Waals surface area contributed by atoms with Gasteiger partial charge >= 0.3 is 5.97 Å². The smallest absolute Gasteiger partial charge is 0.308 e. The Labute approximate surface area is 129 Å². The van der Waals surface area contributed by atoms with Crippen molar-refractivity contribution < 1.29 is 24.2 Å². The summed E-state index contributed by atoms with van der Waals surface area (Å²) < 4.78 is 10.6. The molecule has 6 heteroatoms. The number of carbonyl (C=O) groups excluding carboxylic acids is 1. The van der Waals surface area contributed by atoms with Gasteiger partial charge in [0.25, 0.3) is 5.91 Å². The molecule has 0 aliphatic heterocycles. The van der Waals surface area contributed by atoms with Crippen LogP contribution in [0.5, 0.6) is 11.5 Å². The van der Waals surface area contributed by atoms with E-state index in [0.717, 1.165) is 0 Å². The zero-order valence-corrected chi connectivity index (χ0v) is 13.0. The second-order valence-corrected chi connectivity index (χ2v) is 4.85. The Kier molecular flexibility index (Phi) is 6.44.